The maximum Gasteiger partial charge on any atom is 0.269 e. The van der Waals surface area contributed by atoms with E-state index in [1.165, 1.54) is 35.0 Å². The molecule has 0 fully saturated rings. The fourth-order valence-corrected chi connectivity index (χ4v) is 4.33. The Morgan fingerprint density at radius 3 is 2.58 bits per heavy atom. The van der Waals surface area contributed by atoms with Crippen molar-refractivity contribution in [3.8, 4) is 5.69 Å². The number of amides is 1. The van der Waals surface area contributed by atoms with Gasteiger partial charge >= 0.3 is 0 Å². The van der Waals surface area contributed by atoms with Crippen LogP contribution in [-0.4, -0.2) is 32.1 Å². The predicted molar refractivity (Wildman–Crippen MR) is 128 cm³/mol. The molecule has 0 saturated carbocycles. The monoisotopic (exact) mass is 468 g/mol. The summed E-state index contributed by atoms with van der Waals surface area (Å²) >= 11 is 1.53. The number of carbonyl (C=O) groups is 1. The molecule has 3 N–H and O–H groups in total. The van der Waals surface area contributed by atoms with Crippen LogP contribution in [0.1, 0.15) is 42.6 Å². The Hall–Kier alpha value is -3.24. The van der Waals surface area contributed by atoms with Gasteiger partial charge in [0.15, 0.2) is 11.0 Å². The zero-order chi connectivity index (χ0) is 23.6. The van der Waals surface area contributed by atoms with Gasteiger partial charge in [0.05, 0.1) is 11.5 Å². The zero-order valence-electron chi connectivity index (χ0n) is 18.6. The molecule has 0 aliphatic heterocycles. The van der Waals surface area contributed by atoms with Crippen LogP contribution < -0.4 is 11.1 Å². The van der Waals surface area contributed by atoms with Gasteiger partial charge in [0, 0.05) is 30.0 Å². The summed E-state index contributed by atoms with van der Waals surface area (Å²) in [5.74, 6) is 1.21. The highest BCUT2D eigenvalue weighted by atomic mass is 32.2. The number of nitro benzene ring substituents is 1. The highest BCUT2D eigenvalue weighted by Gasteiger charge is 2.17. The topological polar surface area (TPSA) is 129 Å². The van der Waals surface area contributed by atoms with Crippen molar-refractivity contribution in [1.29, 1.82) is 0 Å². The van der Waals surface area contributed by atoms with Crippen LogP contribution in [0.2, 0.25) is 0 Å². The summed E-state index contributed by atoms with van der Waals surface area (Å²) in [5.41, 5.74) is 8.58. The summed E-state index contributed by atoms with van der Waals surface area (Å²) < 4.78 is 1.83. The third-order valence-electron chi connectivity index (χ3n) is 5.19. The second-order valence-corrected chi connectivity index (χ2v) is 8.54. The number of nitrogens with two attached hydrogens (primary N) is 1. The minimum absolute atomic E-state index is 0.00766. The first-order valence-electron chi connectivity index (χ1n) is 10.8. The van der Waals surface area contributed by atoms with Crippen LogP contribution in [0.25, 0.3) is 5.69 Å². The Morgan fingerprint density at radius 1 is 1.12 bits per heavy atom. The predicted octanol–water partition coefficient (Wildman–Crippen LogP) is 3.91. The minimum Gasteiger partial charge on any atom is -0.349 e. The highest BCUT2D eigenvalue weighted by molar-refractivity contribution is 7.98. The summed E-state index contributed by atoms with van der Waals surface area (Å²) in [4.78, 5) is 22.8. The number of rotatable bonds is 12. The molecule has 3 rings (SSSR count). The lowest BCUT2D eigenvalue weighted by molar-refractivity contribution is -0.384. The van der Waals surface area contributed by atoms with Crippen LogP contribution in [0.3, 0.4) is 0 Å². The maximum absolute atomic E-state index is 12.2. The number of thioether (sulfide) groups is 1. The highest BCUT2D eigenvalue weighted by Crippen LogP contribution is 2.27. The minimum atomic E-state index is -0.435. The Labute approximate surface area is 196 Å². The number of hydrogen-bond donors (Lipinski definition) is 2. The molecule has 1 aromatic heterocycles. The number of nitrogens with zero attached hydrogens (tertiary/aromatic N) is 4. The molecule has 2 aromatic carbocycles. The summed E-state index contributed by atoms with van der Waals surface area (Å²) in [5, 5.41) is 23.2. The third-order valence-corrected chi connectivity index (χ3v) is 6.17. The van der Waals surface area contributed by atoms with E-state index in [4.69, 9.17) is 5.73 Å². The number of aryl methyl sites for hydroxylation is 1. The number of nitrogens with one attached hydrogen (secondary N) is 1. The van der Waals surface area contributed by atoms with Crippen molar-refractivity contribution in [2.75, 3.05) is 6.54 Å². The van der Waals surface area contributed by atoms with Crippen molar-refractivity contribution in [2.45, 2.75) is 50.1 Å². The molecule has 33 heavy (non-hydrogen) atoms. The molecule has 0 unspecified atom stereocenters. The Balaban J connectivity index is 1.78. The first-order chi connectivity index (χ1) is 16.0. The molecule has 1 heterocycles. The van der Waals surface area contributed by atoms with Gasteiger partial charge in [0.25, 0.3) is 5.69 Å². The first kappa shape index (κ1) is 24.4. The average molecular weight is 469 g/mol. The lowest BCUT2D eigenvalue weighted by atomic mass is 10.1. The molecular weight excluding hydrogens is 440 g/mol. The SMILES string of the molecule is Cc1ccccc1CSc1nnc(CNC(=O)CCCCCN)n1-c1ccc([N+](=O)[O-])cc1. The quantitative estimate of drug-likeness (QED) is 0.178. The maximum atomic E-state index is 12.2. The lowest BCUT2D eigenvalue weighted by Crippen LogP contribution is -2.24. The first-order valence-corrected chi connectivity index (χ1v) is 11.8. The third kappa shape index (κ3) is 6.87. The molecular formula is C23H28N6O3S. The number of hydrogen-bond acceptors (Lipinski definition) is 7. The van der Waals surface area contributed by atoms with Crippen LogP contribution in [0.15, 0.2) is 53.7 Å². The van der Waals surface area contributed by atoms with Crippen molar-refractivity contribution < 1.29 is 9.72 Å². The summed E-state index contributed by atoms with van der Waals surface area (Å²) in [6, 6.07) is 14.4. The van der Waals surface area contributed by atoms with Gasteiger partial charge < -0.3 is 11.1 Å². The molecule has 0 atom stereocenters. The van der Waals surface area contributed by atoms with Gasteiger partial charge in [-0.15, -0.1) is 10.2 Å². The summed E-state index contributed by atoms with van der Waals surface area (Å²) in [6.07, 6.45) is 3.04. The Bertz CT molecular complexity index is 1080. The molecule has 9 nitrogen and oxygen atoms in total. The van der Waals surface area contributed by atoms with Crippen LogP contribution in [0.5, 0.6) is 0 Å². The number of non-ortho nitro benzene ring substituents is 1. The molecule has 0 bridgehead atoms. The molecule has 0 saturated heterocycles. The second-order valence-electron chi connectivity index (χ2n) is 7.60. The summed E-state index contributed by atoms with van der Waals surface area (Å²) in [6.45, 7) is 2.90. The standard InChI is InChI=1S/C23H28N6O3S/c1-17-7-4-5-8-18(17)16-33-23-27-26-21(15-25-22(30)9-3-2-6-14-24)28(23)19-10-12-20(13-11-19)29(31)32/h4-5,7-8,10-13H,2-3,6,9,14-16,24H2,1H3,(H,25,30). The van der Waals surface area contributed by atoms with Gasteiger partial charge in [-0.05, 0) is 49.6 Å². The smallest absolute Gasteiger partial charge is 0.269 e. The average Bonchev–Trinajstić information content (AvgIpc) is 3.23. The Kier molecular flexibility index (Phi) is 8.96. The number of aromatic nitrogens is 3. The molecule has 0 aliphatic rings. The number of benzene rings is 2. The second kappa shape index (κ2) is 12.1. The lowest BCUT2D eigenvalue weighted by Gasteiger charge is -2.11. The molecule has 3 aromatic rings. The largest absolute Gasteiger partial charge is 0.349 e. The van der Waals surface area contributed by atoms with Crippen molar-refractivity contribution >= 4 is 23.4 Å². The van der Waals surface area contributed by atoms with Crippen molar-refractivity contribution in [2.24, 2.45) is 5.73 Å². The van der Waals surface area contributed by atoms with E-state index in [0.29, 0.717) is 35.4 Å². The van der Waals surface area contributed by atoms with E-state index in [2.05, 4.69) is 34.6 Å². The molecule has 10 heteroatoms. The Morgan fingerprint density at radius 2 is 1.88 bits per heavy atom. The molecule has 0 radical (unpaired) electrons. The molecule has 0 aliphatic carbocycles. The summed E-state index contributed by atoms with van der Waals surface area (Å²) in [7, 11) is 0. The van der Waals surface area contributed by atoms with Gasteiger partial charge in [0.1, 0.15) is 0 Å². The fraction of sp³-hybridized carbons (Fsp3) is 0.348. The van der Waals surface area contributed by atoms with Crippen molar-refractivity contribution in [3.63, 3.8) is 0 Å². The van der Waals surface area contributed by atoms with E-state index in [-0.39, 0.29) is 18.1 Å². The molecule has 1 amide bonds. The normalized spacial score (nSPS) is 10.8. The number of carbonyl (C=O) groups excluding carboxylic acids is 1. The van der Waals surface area contributed by atoms with Gasteiger partial charge in [-0.1, -0.05) is 42.4 Å². The van der Waals surface area contributed by atoms with Crippen LogP contribution >= 0.6 is 11.8 Å². The molecule has 174 valence electrons. The number of nitro groups is 1. The van der Waals surface area contributed by atoms with Gasteiger partial charge in [-0.25, -0.2) is 0 Å². The van der Waals surface area contributed by atoms with E-state index < -0.39 is 4.92 Å². The molecule has 0 spiro atoms. The van der Waals surface area contributed by atoms with E-state index in [0.717, 1.165) is 19.3 Å². The zero-order valence-corrected chi connectivity index (χ0v) is 19.4. The van der Waals surface area contributed by atoms with E-state index >= 15 is 0 Å². The van der Waals surface area contributed by atoms with Crippen LogP contribution in [0, 0.1) is 17.0 Å². The fourth-order valence-electron chi connectivity index (χ4n) is 3.28. The van der Waals surface area contributed by atoms with Crippen molar-refractivity contribution in [1.82, 2.24) is 20.1 Å². The van der Waals surface area contributed by atoms with E-state index in [1.807, 2.05) is 16.7 Å². The van der Waals surface area contributed by atoms with Crippen LogP contribution in [-0.2, 0) is 17.1 Å². The van der Waals surface area contributed by atoms with Gasteiger partial charge in [0.2, 0.25) is 5.91 Å². The van der Waals surface area contributed by atoms with Crippen LogP contribution in [0.4, 0.5) is 5.69 Å². The van der Waals surface area contributed by atoms with Gasteiger partial charge in [-0.3, -0.25) is 19.5 Å². The number of unbranched alkanes of at least 4 members (excludes halogenated alkanes) is 2. The van der Waals surface area contributed by atoms with E-state index in [9.17, 15) is 14.9 Å². The van der Waals surface area contributed by atoms with E-state index in [1.54, 1.807) is 12.1 Å². The van der Waals surface area contributed by atoms with Crippen molar-refractivity contribution in [3.05, 3.63) is 75.6 Å². The van der Waals surface area contributed by atoms with Gasteiger partial charge in [-0.2, -0.15) is 0 Å².